The second kappa shape index (κ2) is 4.87. The zero-order valence-electron chi connectivity index (χ0n) is 11.3. The van der Waals surface area contributed by atoms with Gasteiger partial charge in [-0.05, 0) is 6.07 Å². The maximum absolute atomic E-state index is 13.8. The zero-order valence-corrected chi connectivity index (χ0v) is 12.1. The summed E-state index contributed by atoms with van der Waals surface area (Å²) in [5.74, 6) is -4.76. The van der Waals surface area contributed by atoms with Crippen LogP contribution in [0.2, 0.25) is 0 Å². The Bertz CT molecular complexity index is 1050. The maximum Gasteiger partial charge on any atom is 0.258 e. The van der Waals surface area contributed by atoms with Gasteiger partial charge in [-0.15, -0.1) is 5.10 Å². The molecule has 0 unspecified atom stereocenters. The Hall–Kier alpha value is -2.76. The first-order valence-electron chi connectivity index (χ1n) is 5.92. The van der Waals surface area contributed by atoms with E-state index in [1.807, 2.05) is 0 Å². The summed E-state index contributed by atoms with van der Waals surface area (Å²) in [6.45, 7) is 0. The lowest BCUT2D eigenvalue weighted by Crippen LogP contribution is -2.11. The number of fused-ring (bicyclic) bond motifs is 1. The van der Waals surface area contributed by atoms with Crippen molar-refractivity contribution in [3.63, 3.8) is 0 Å². The molecule has 2 N–H and O–H groups in total. The number of hydrogen-bond acceptors (Lipinski definition) is 7. The number of nitrogen functional groups attached to an aromatic ring is 1. The Balaban J connectivity index is 2.26. The summed E-state index contributed by atoms with van der Waals surface area (Å²) in [5, 5.41) is 3.18. The van der Waals surface area contributed by atoms with E-state index in [1.165, 1.54) is 0 Å². The normalized spacial score (nSPS) is 12.0. The zero-order chi connectivity index (χ0) is 16.9. The third-order valence-corrected chi connectivity index (χ3v) is 3.64. The van der Waals surface area contributed by atoms with Gasteiger partial charge in [-0.2, -0.15) is 19.5 Å². The summed E-state index contributed by atoms with van der Waals surface area (Å²) >= 11 is 0. The third kappa shape index (κ3) is 2.56. The van der Waals surface area contributed by atoms with Gasteiger partial charge in [0.05, 0.1) is 5.56 Å². The molecule has 0 fully saturated rings. The van der Waals surface area contributed by atoms with Crippen LogP contribution in [0.1, 0.15) is 0 Å². The fourth-order valence-electron chi connectivity index (χ4n) is 1.76. The number of nitrogens with two attached hydrogens (primary N) is 1. The van der Waals surface area contributed by atoms with Crippen molar-refractivity contribution in [3.8, 4) is 11.4 Å². The van der Waals surface area contributed by atoms with Crippen LogP contribution in [0.3, 0.4) is 0 Å². The number of aromatic nitrogens is 5. The average Bonchev–Trinajstić information content (AvgIpc) is 2.86. The van der Waals surface area contributed by atoms with E-state index in [9.17, 15) is 21.6 Å². The molecule has 0 amide bonds. The van der Waals surface area contributed by atoms with Crippen LogP contribution in [0.4, 0.5) is 19.1 Å². The average molecular weight is 344 g/mol. The topological polar surface area (TPSA) is 116 Å². The quantitative estimate of drug-likeness (QED) is 0.676. The van der Waals surface area contributed by atoms with Gasteiger partial charge in [0, 0.05) is 12.3 Å². The Morgan fingerprint density at radius 3 is 2.35 bits per heavy atom. The summed E-state index contributed by atoms with van der Waals surface area (Å²) in [7, 11) is -3.76. The van der Waals surface area contributed by atoms with Crippen molar-refractivity contribution >= 4 is 21.6 Å². The first-order chi connectivity index (χ1) is 10.7. The minimum absolute atomic E-state index is 0.281. The highest BCUT2D eigenvalue weighted by molar-refractivity contribution is 7.90. The lowest BCUT2D eigenvalue weighted by atomic mass is 10.2. The van der Waals surface area contributed by atoms with Crippen LogP contribution in [0.25, 0.3) is 17.2 Å². The lowest BCUT2D eigenvalue weighted by molar-refractivity contribution is 0.496. The molecule has 2 aromatic heterocycles. The SMILES string of the molecule is CS(=O)(=O)c1nc(N)n2nc(-c3cc(F)c(F)cc3F)nc2n1. The largest absolute Gasteiger partial charge is 0.368 e. The predicted octanol–water partition coefficient (Wildman–Crippen LogP) is 0.589. The minimum Gasteiger partial charge on any atom is -0.368 e. The molecule has 3 rings (SSSR count). The number of sulfone groups is 1. The van der Waals surface area contributed by atoms with Gasteiger partial charge in [-0.1, -0.05) is 0 Å². The molecule has 12 heteroatoms. The Morgan fingerprint density at radius 2 is 1.70 bits per heavy atom. The van der Waals surface area contributed by atoms with E-state index < -0.39 is 38.0 Å². The number of benzene rings is 1. The first-order valence-corrected chi connectivity index (χ1v) is 7.81. The molecule has 0 saturated heterocycles. The fraction of sp³-hybridized carbons (Fsp3) is 0.0909. The molecule has 0 saturated carbocycles. The lowest BCUT2D eigenvalue weighted by Gasteiger charge is -1.99. The molecule has 1 aromatic carbocycles. The van der Waals surface area contributed by atoms with Crippen LogP contribution in [0.5, 0.6) is 0 Å². The van der Waals surface area contributed by atoms with Gasteiger partial charge in [0.1, 0.15) is 5.82 Å². The number of rotatable bonds is 2. The van der Waals surface area contributed by atoms with Gasteiger partial charge in [0.2, 0.25) is 15.8 Å². The van der Waals surface area contributed by atoms with Gasteiger partial charge in [0.25, 0.3) is 10.9 Å². The smallest absolute Gasteiger partial charge is 0.258 e. The third-order valence-electron chi connectivity index (χ3n) is 2.80. The summed E-state index contributed by atoms with van der Waals surface area (Å²) < 4.78 is 63.7. The van der Waals surface area contributed by atoms with Gasteiger partial charge in [-0.3, -0.25) is 0 Å². The van der Waals surface area contributed by atoms with Crippen LogP contribution in [-0.2, 0) is 9.84 Å². The fourth-order valence-corrected chi connectivity index (χ4v) is 2.27. The highest BCUT2D eigenvalue weighted by Gasteiger charge is 2.20. The number of nitrogens with zero attached hydrogens (tertiary/aromatic N) is 5. The molecule has 0 bridgehead atoms. The highest BCUT2D eigenvalue weighted by atomic mass is 32.2. The molecular weight excluding hydrogens is 337 g/mol. The van der Waals surface area contributed by atoms with Crippen molar-refractivity contribution in [3.05, 3.63) is 29.6 Å². The van der Waals surface area contributed by atoms with Crippen molar-refractivity contribution in [2.75, 3.05) is 12.0 Å². The van der Waals surface area contributed by atoms with E-state index in [-0.39, 0.29) is 17.6 Å². The minimum atomic E-state index is -3.76. The van der Waals surface area contributed by atoms with Crippen molar-refractivity contribution in [1.29, 1.82) is 0 Å². The monoisotopic (exact) mass is 344 g/mol. The van der Waals surface area contributed by atoms with Crippen molar-refractivity contribution < 1.29 is 21.6 Å². The predicted molar refractivity (Wildman–Crippen MR) is 71.4 cm³/mol. The number of halogens is 3. The van der Waals surface area contributed by atoms with Gasteiger partial charge in [-0.25, -0.2) is 21.6 Å². The molecule has 23 heavy (non-hydrogen) atoms. The molecule has 2 heterocycles. The van der Waals surface area contributed by atoms with Crippen molar-refractivity contribution in [1.82, 2.24) is 24.6 Å². The van der Waals surface area contributed by atoms with E-state index >= 15 is 0 Å². The summed E-state index contributed by atoms with van der Waals surface area (Å²) in [6, 6.07) is 0.911. The van der Waals surface area contributed by atoms with Crippen molar-refractivity contribution in [2.24, 2.45) is 0 Å². The second-order valence-electron chi connectivity index (χ2n) is 4.53. The molecule has 8 nitrogen and oxygen atoms in total. The molecule has 0 aliphatic heterocycles. The summed E-state index contributed by atoms with van der Waals surface area (Å²) in [6.07, 6.45) is 0.866. The number of hydrogen-bond donors (Lipinski definition) is 1. The molecule has 3 aromatic rings. The maximum atomic E-state index is 13.8. The summed E-state index contributed by atoms with van der Waals surface area (Å²) in [5.41, 5.74) is 5.12. The van der Waals surface area contributed by atoms with Gasteiger partial charge in [0.15, 0.2) is 17.5 Å². The number of anilines is 1. The second-order valence-corrected chi connectivity index (χ2v) is 6.44. The molecule has 0 aliphatic rings. The van der Waals surface area contributed by atoms with Crippen LogP contribution in [0.15, 0.2) is 17.3 Å². The summed E-state index contributed by atoms with van der Waals surface area (Å²) in [4.78, 5) is 11.0. The Kier molecular flexibility index (Phi) is 3.21. The molecular formula is C11H7F3N6O2S. The van der Waals surface area contributed by atoms with Crippen LogP contribution < -0.4 is 5.73 Å². The van der Waals surface area contributed by atoms with E-state index in [0.29, 0.717) is 12.1 Å². The first kappa shape index (κ1) is 15.1. The molecule has 0 radical (unpaired) electrons. The van der Waals surface area contributed by atoms with E-state index in [0.717, 1.165) is 10.8 Å². The van der Waals surface area contributed by atoms with Crippen LogP contribution in [-0.4, -0.2) is 39.2 Å². The van der Waals surface area contributed by atoms with Gasteiger partial charge >= 0.3 is 0 Å². The van der Waals surface area contributed by atoms with Gasteiger partial charge < -0.3 is 5.73 Å². The van der Waals surface area contributed by atoms with E-state index in [1.54, 1.807) is 0 Å². The standard InChI is InChI=1S/C11H7F3N6O2S/c1-23(21,22)11-17-9(15)20-10(18-11)16-8(19-20)4-2-6(13)7(14)3-5(4)12/h2-3H,1H3,(H2,15,16,17,18,19). The molecule has 120 valence electrons. The molecule has 0 spiro atoms. The van der Waals surface area contributed by atoms with Crippen molar-refractivity contribution in [2.45, 2.75) is 5.16 Å². The molecule has 0 atom stereocenters. The van der Waals surface area contributed by atoms with Crippen LogP contribution in [0, 0.1) is 17.5 Å². The van der Waals surface area contributed by atoms with E-state index in [2.05, 4.69) is 20.1 Å². The van der Waals surface area contributed by atoms with Crippen LogP contribution >= 0.6 is 0 Å². The Morgan fingerprint density at radius 1 is 1.04 bits per heavy atom. The Labute approximate surface area is 126 Å². The highest BCUT2D eigenvalue weighted by Crippen LogP contribution is 2.23. The molecule has 0 aliphatic carbocycles. The van der Waals surface area contributed by atoms with E-state index in [4.69, 9.17) is 5.73 Å².